The molecule has 7 rings (SSSR count). The summed E-state index contributed by atoms with van der Waals surface area (Å²) in [5, 5.41) is 6.39. The maximum Gasteiger partial charge on any atom is 0.428 e. The molecule has 7 unspecified atom stereocenters. The number of fused-ring (bicyclic) bond motifs is 3. The van der Waals surface area contributed by atoms with Crippen LogP contribution in [0.4, 0.5) is 22.4 Å². The predicted molar refractivity (Wildman–Crippen MR) is 210 cm³/mol. The van der Waals surface area contributed by atoms with E-state index in [9.17, 15) is 45.2 Å². The molecular formula is C41H51F4N5O10S. The van der Waals surface area contributed by atoms with Crippen LogP contribution in [0.15, 0.2) is 42.6 Å². The van der Waals surface area contributed by atoms with Gasteiger partial charge in [0.05, 0.1) is 33.1 Å². The fourth-order valence-electron chi connectivity index (χ4n) is 8.78. The second kappa shape index (κ2) is 16.9. The van der Waals surface area contributed by atoms with Crippen molar-refractivity contribution >= 4 is 44.6 Å². The maximum atomic E-state index is 14.9. The minimum Gasteiger partial charge on any atom is -0.494 e. The van der Waals surface area contributed by atoms with Crippen molar-refractivity contribution in [2.75, 3.05) is 33.5 Å². The van der Waals surface area contributed by atoms with Gasteiger partial charge in [0.2, 0.25) is 33.3 Å². The number of nitrogens with zero attached hydrogens (tertiary/aromatic N) is 2. The average Bonchev–Trinajstić information content (AvgIpc) is 4.13. The number of benzene rings is 1. The monoisotopic (exact) mass is 881 g/mol. The molecule has 3 N–H and O–H groups in total. The van der Waals surface area contributed by atoms with Crippen LogP contribution in [0.25, 0.3) is 10.8 Å². The Labute approximate surface area is 350 Å². The Kier molecular flexibility index (Phi) is 12.3. The van der Waals surface area contributed by atoms with Crippen LogP contribution in [0.5, 0.6) is 11.6 Å². The number of alkyl halides is 4. The molecule has 61 heavy (non-hydrogen) atoms. The number of sulfonamides is 1. The number of carbonyl (C=O) groups is 4. The van der Waals surface area contributed by atoms with Gasteiger partial charge in [0.1, 0.15) is 40.9 Å². The molecule has 2 aromatic rings. The number of hydrogen-bond donors (Lipinski definition) is 3. The molecule has 2 saturated carbocycles. The molecule has 4 heterocycles. The lowest BCUT2D eigenvalue weighted by molar-refractivity contribution is -0.278. The largest absolute Gasteiger partial charge is 0.494 e. The van der Waals surface area contributed by atoms with Crippen molar-refractivity contribution in [1.29, 1.82) is 0 Å². The van der Waals surface area contributed by atoms with Crippen molar-refractivity contribution in [3.8, 4) is 11.6 Å². The molecule has 3 aliphatic heterocycles. The molecular weight excluding hydrogens is 831 g/mol. The van der Waals surface area contributed by atoms with Gasteiger partial charge in [-0.15, -0.1) is 0 Å². The summed E-state index contributed by atoms with van der Waals surface area (Å²) in [6.45, 7) is 1.54. The Hall–Kier alpha value is -4.72. The van der Waals surface area contributed by atoms with Crippen LogP contribution < -0.4 is 24.8 Å². The van der Waals surface area contributed by atoms with Gasteiger partial charge in [-0.3, -0.25) is 19.1 Å². The molecule has 2 aliphatic carbocycles. The Balaban J connectivity index is 1.23. The number of allylic oxidation sites excluding steroid dienone is 1. The number of nitrogens with one attached hydrogen (secondary N) is 3. The van der Waals surface area contributed by atoms with Crippen LogP contribution in [-0.2, 0) is 33.9 Å². The number of methoxy groups -OCH3 is 1. The van der Waals surface area contributed by atoms with Crippen LogP contribution in [0, 0.1) is 17.8 Å². The normalized spacial score (nSPS) is 30.1. The number of amides is 4. The van der Waals surface area contributed by atoms with E-state index in [4.69, 9.17) is 18.9 Å². The summed E-state index contributed by atoms with van der Waals surface area (Å²) in [5.74, 6) is -3.50. The van der Waals surface area contributed by atoms with Gasteiger partial charge in [-0.1, -0.05) is 44.2 Å². The molecule has 15 nitrogen and oxygen atoms in total. The van der Waals surface area contributed by atoms with Gasteiger partial charge in [-0.2, -0.15) is 13.2 Å². The molecule has 0 spiro atoms. The van der Waals surface area contributed by atoms with Crippen LogP contribution in [0.3, 0.4) is 0 Å². The molecule has 4 amide bonds. The summed E-state index contributed by atoms with van der Waals surface area (Å²) < 4.78 is 106. The van der Waals surface area contributed by atoms with E-state index >= 15 is 0 Å². The van der Waals surface area contributed by atoms with Gasteiger partial charge in [0.25, 0.3) is 5.91 Å². The van der Waals surface area contributed by atoms with Crippen molar-refractivity contribution < 1.29 is 64.1 Å². The Morgan fingerprint density at radius 3 is 2.43 bits per heavy atom. The van der Waals surface area contributed by atoms with Gasteiger partial charge in [-0.25, -0.2) is 22.6 Å². The van der Waals surface area contributed by atoms with E-state index in [1.807, 2.05) is 17.7 Å². The first-order valence-corrected chi connectivity index (χ1v) is 22.0. The number of halogens is 4. The lowest BCUT2D eigenvalue weighted by atomic mass is 9.88. The van der Waals surface area contributed by atoms with Gasteiger partial charge in [0, 0.05) is 36.0 Å². The van der Waals surface area contributed by atoms with Gasteiger partial charge < -0.3 is 34.5 Å². The molecule has 2 saturated heterocycles. The number of pyridine rings is 1. The zero-order valence-corrected chi connectivity index (χ0v) is 34.9. The molecule has 7 atom stereocenters. The highest BCUT2D eigenvalue weighted by Gasteiger charge is 2.64. The zero-order chi connectivity index (χ0) is 44.0. The number of carbonyl (C=O) groups excluding carboxylic acids is 4. The molecule has 1 aromatic carbocycles. The van der Waals surface area contributed by atoms with Crippen LogP contribution in [0.1, 0.15) is 71.6 Å². The molecule has 334 valence electrons. The summed E-state index contributed by atoms with van der Waals surface area (Å²) >= 11 is 0. The first-order chi connectivity index (χ1) is 28.9. The van der Waals surface area contributed by atoms with Crippen molar-refractivity contribution in [3.63, 3.8) is 0 Å². The van der Waals surface area contributed by atoms with E-state index in [0.29, 0.717) is 35.8 Å². The van der Waals surface area contributed by atoms with E-state index in [-0.39, 0.29) is 57.2 Å². The fourth-order valence-corrected chi connectivity index (χ4v) is 10.2. The number of ether oxygens (including phenoxy) is 4. The summed E-state index contributed by atoms with van der Waals surface area (Å²) in [5.41, 5.74) is -4.62. The third-order valence-electron chi connectivity index (χ3n) is 12.9. The zero-order valence-electron chi connectivity index (χ0n) is 34.1. The maximum absolute atomic E-state index is 14.9. The Morgan fingerprint density at radius 2 is 1.77 bits per heavy atom. The minimum atomic E-state index is -4.94. The average molecular weight is 882 g/mol. The standard InChI is InChI=1S/C41H51F4N5O10S/c1-24-8-4-5-9-26-20-40(26,36(53)49-61(55,56)38(23-42)12-13-38)48-33(51)30-19-27(59-34-29-11-7-6-10-28(29)31(57-3)21-46-34)22-50(30)35(52)32(25(2)18-24)47-37(54)60-39(41(43,44)45)14-16-58-17-15-39/h5-7,9-11,21,24-27,30,32H,4,8,12-20,22-23H2,1-3H3,(H,47,54)(H,48,51)(H,49,53). The predicted octanol–water partition coefficient (Wildman–Crippen LogP) is 4.63. The van der Waals surface area contributed by atoms with E-state index in [2.05, 4.69) is 15.6 Å². The van der Waals surface area contributed by atoms with E-state index in [1.54, 1.807) is 37.3 Å². The van der Waals surface area contributed by atoms with Crippen LogP contribution in [-0.4, -0.2) is 116 Å². The Bertz CT molecular complexity index is 2160. The number of alkyl carbamates (subject to hydrolysis) is 1. The van der Waals surface area contributed by atoms with E-state index in [1.165, 1.54) is 13.3 Å². The number of hydrogen-bond acceptors (Lipinski definition) is 11. The van der Waals surface area contributed by atoms with Gasteiger partial charge in [-0.05, 0) is 56.4 Å². The molecule has 1 aromatic heterocycles. The smallest absolute Gasteiger partial charge is 0.428 e. The first kappa shape index (κ1) is 44.3. The van der Waals surface area contributed by atoms with Crippen LogP contribution in [0.2, 0.25) is 0 Å². The summed E-state index contributed by atoms with van der Waals surface area (Å²) in [4.78, 5) is 62.5. The molecule has 4 fully saturated rings. The van der Waals surface area contributed by atoms with Crippen LogP contribution >= 0.6 is 0 Å². The van der Waals surface area contributed by atoms with Gasteiger partial charge >= 0.3 is 12.3 Å². The highest BCUT2D eigenvalue weighted by molar-refractivity contribution is 7.91. The van der Waals surface area contributed by atoms with Crippen molar-refractivity contribution in [2.45, 2.75) is 112 Å². The fraction of sp³-hybridized carbons (Fsp3) is 0.634. The number of aromatic nitrogens is 1. The van der Waals surface area contributed by atoms with E-state index < -0.39 is 105 Å². The van der Waals surface area contributed by atoms with Crippen molar-refractivity contribution in [3.05, 3.63) is 42.6 Å². The third-order valence-corrected chi connectivity index (χ3v) is 15.0. The SMILES string of the molecule is COc1cnc(OC2CC3C(=O)NC4(C(=O)NS(=O)(=O)C5(CF)CC5)CC4C=CCCC(C)CC(C)C(NC(=O)OC4(C(F)(F)F)CCOCC4)C(=O)N3C2)c2ccccc12. The number of rotatable bonds is 9. The third kappa shape index (κ3) is 8.70. The summed E-state index contributed by atoms with van der Waals surface area (Å²) in [6.07, 6.45) is -2.34. The second-order valence-corrected chi connectivity index (χ2v) is 19.2. The summed E-state index contributed by atoms with van der Waals surface area (Å²) in [6, 6.07) is 4.23. The molecule has 20 heteroatoms. The lowest BCUT2D eigenvalue weighted by Gasteiger charge is -2.38. The minimum absolute atomic E-state index is 0.0101. The van der Waals surface area contributed by atoms with Crippen molar-refractivity contribution in [2.24, 2.45) is 17.8 Å². The first-order valence-electron chi connectivity index (χ1n) is 20.5. The van der Waals surface area contributed by atoms with Crippen molar-refractivity contribution in [1.82, 2.24) is 25.2 Å². The lowest BCUT2D eigenvalue weighted by Crippen LogP contribution is -2.60. The Morgan fingerprint density at radius 1 is 1.07 bits per heavy atom. The summed E-state index contributed by atoms with van der Waals surface area (Å²) in [7, 11) is -2.99. The van der Waals surface area contributed by atoms with E-state index in [0.717, 1.165) is 4.90 Å². The van der Waals surface area contributed by atoms with Gasteiger partial charge in [0.15, 0.2) is 0 Å². The highest BCUT2D eigenvalue weighted by Crippen LogP contribution is 2.48. The quantitative estimate of drug-likeness (QED) is 0.235. The molecule has 5 aliphatic rings. The molecule has 0 bridgehead atoms. The second-order valence-electron chi connectivity index (χ2n) is 17.1. The topological polar surface area (TPSA) is 192 Å². The molecule has 0 radical (unpaired) electrons. The highest BCUT2D eigenvalue weighted by atomic mass is 32.2.